The molecule has 0 saturated heterocycles. The van der Waals surface area contributed by atoms with E-state index in [-0.39, 0.29) is 17.6 Å². The van der Waals surface area contributed by atoms with Crippen LogP contribution >= 0.6 is 0 Å². The van der Waals surface area contributed by atoms with Gasteiger partial charge in [-0.15, -0.1) is 0 Å². The zero-order valence-corrected chi connectivity index (χ0v) is 21.1. The van der Waals surface area contributed by atoms with Crippen molar-refractivity contribution in [3.05, 3.63) is 131 Å². The Morgan fingerprint density at radius 3 is 1.25 bits per heavy atom. The molecule has 0 aromatic heterocycles. The Hall–Kier alpha value is -3.85. The molecule has 0 aliphatic rings. The molecule has 0 spiro atoms. The molecular weight excluding hydrogens is 444 g/mol. The number of carbonyl (C=O) groups excluding carboxylic acids is 1. The van der Waals surface area contributed by atoms with Crippen LogP contribution in [0.3, 0.4) is 0 Å². The van der Waals surface area contributed by atoms with Gasteiger partial charge in [-0.05, 0) is 59.4 Å². The zero-order valence-electron chi connectivity index (χ0n) is 21.1. The fourth-order valence-corrected chi connectivity index (χ4v) is 4.52. The molecule has 4 aromatic rings. The minimum absolute atomic E-state index is 0.146. The van der Waals surface area contributed by atoms with E-state index in [2.05, 4.69) is 13.8 Å². The van der Waals surface area contributed by atoms with Crippen molar-refractivity contribution in [2.75, 3.05) is 0 Å². The first-order chi connectivity index (χ1) is 17.7. The van der Waals surface area contributed by atoms with E-state index in [4.69, 9.17) is 9.47 Å². The van der Waals surface area contributed by atoms with Gasteiger partial charge >= 0.3 is 0 Å². The van der Waals surface area contributed by atoms with E-state index in [0.717, 1.165) is 46.6 Å². The summed E-state index contributed by atoms with van der Waals surface area (Å²) in [6.07, 6.45) is 1.52. The molecule has 0 radical (unpaired) electrons. The Morgan fingerprint density at radius 1 is 0.556 bits per heavy atom. The smallest absolute Gasteiger partial charge is 0.147 e. The summed E-state index contributed by atoms with van der Waals surface area (Å²) in [5, 5.41) is 0. The van der Waals surface area contributed by atoms with Gasteiger partial charge in [0.15, 0.2) is 0 Å². The van der Waals surface area contributed by atoms with Gasteiger partial charge in [-0.3, -0.25) is 4.79 Å². The highest BCUT2D eigenvalue weighted by Crippen LogP contribution is 2.32. The maximum Gasteiger partial charge on any atom is 0.147 e. The lowest BCUT2D eigenvalue weighted by molar-refractivity contribution is -0.122. The van der Waals surface area contributed by atoms with Gasteiger partial charge < -0.3 is 9.47 Å². The molecule has 0 saturated carbocycles. The second-order valence-corrected chi connectivity index (χ2v) is 9.01. The Labute approximate surface area is 214 Å². The van der Waals surface area contributed by atoms with E-state index in [1.165, 1.54) is 0 Å². The number of benzene rings is 4. The summed E-state index contributed by atoms with van der Waals surface area (Å²) in [7, 11) is 0. The highest BCUT2D eigenvalue weighted by molar-refractivity contribution is 5.91. The lowest BCUT2D eigenvalue weighted by atomic mass is 9.81. The summed E-state index contributed by atoms with van der Waals surface area (Å²) in [5.41, 5.74) is 4.34. The molecule has 0 heterocycles. The molecule has 4 aromatic carbocycles. The molecule has 3 heteroatoms. The van der Waals surface area contributed by atoms with Crippen molar-refractivity contribution in [1.29, 1.82) is 0 Å². The van der Waals surface area contributed by atoms with E-state index in [0.29, 0.717) is 13.2 Å². The highest BCUT2D eigenvalue weighted by atomic mass is 16.5. The molecule has 0 bridgehead atoms. The van der Waals surface area contributed by atoms with Crippen LogP contribution in [0.25, 0.3) is 0 Å². The van der Waals surface area contributed by atoms with E-state index in [1.54, 1.807) is 0 Å². The standard InChI is InChI=1S/C33H34O3/c1-3-31(27-15-19-29(20-16-27)35-23-25-11-7-5-8-12-25)33(34)32(4-2)28-17-21-30(22-18-28)36-24-26-13-9-6-10-14-26/h5-22,31-32H,3-4,23-24H2,1-2H3. The Balaban J connectivity index is 1.39. The van der Waals surface area contributed by atoms with Gasteiger partial charge in [-0.25, -0.2) is 0 Å². The van der Waals surface area contributed by atoms with E-state index < -0.39 is 0 Å². The number of rotatable bonds is 12. The molecule has 4 rings (SSSR count). The third kappa shape index (κ3) is 6.63. The summed E-state index contributed by atoms with van der Waals surface area (Å²) >= 11 is 0. The van der Waals surface area contributed by atoms with Crippen molar-refractivity contribution in [2.24, 2.45) is 0 Å². The lowest BCUT2D eigenvalue weighted by Gasteiger charge is -2.22. The summed E-state index contributed by atoms with van der Waals surface area (Å²) < 4.78 is 11.8. The van der Waals surface area contributed by atoms with Crippen molar-refractivity contribution < 1.29 is 14.3 Å². The molecule has 0 amide bonds. The average molecular weight is 479 g/mol. The minimum atomic E-state index is -0.146. The van der Waals surface area contributed by atoms with Gasteiger partial charge in [0.2, 0.25) is 0 Å². The molecule has 2 unspecified atom stereocenters. The number of hydrogen-bond acceptors (Lipinski definition) is 3. The second kappa shape index (κ2) is 12.7. The normalized spacial score (nSPS) is 12.5. The molecular formula is C33H34O3. The Morgan fingerprint density at radius 2 is 0.917 bits per heavy atom. The number of hydrogen-bond donors (Lipinski definition) is 0. The van der Waals surface area contributed by atoms with Crippen LogP contribution in [0.5, 0.6) is 11.5 Å². The predicted molar refractivity (Wildman–Crippen MR) is 146 cm³/mol. The Kier molecular flexibility index (Phi) is 8.93. The van der Waals surface area contributed by atoms with Crippen LogP contribution < -0.4 is 9.47 Å². The SMILES string of the molecule is CCC(C(=O)C(CC)c1ccc(OCc2ccccc2)cc1)c1ccc(OCc2ccccc2)cc1. The predicted octanol–water partition coefficient (Wildman–Crippen LogP) is 8.10. The number of Topliss-reactive ketones (excluding diaryl/α,β-unsaturated/α-hetero) is 1. The summed E-state index contributed by atoms with van der Waals surface area (Å²) in [6.45, 7) is 5.21. The topological polar surface area (TPSA) is 35.5 Å². The van der Waals surface area contributed by atoms with Gasteiger partial charge in [-0.1, -0.05) is 98.8 Å². The van der Waals surface area contributed by atoms with Gasteiger partial charge in [0, 0.05) is 11.8 Å². The van der Waals surface area contributed by atoms with Crippen molar-refractivity contribution in [1.82, 2.24) is 0 Å². The number of ketones is 1. The molecule has 2 atom stereocenters. The minimum Gasteiger partial charge on any atom is -0.489 e. The van der Waals surface area contributed by atoms with Crippen LogP contribution in [0.1, 0.15) is 60.8 Å². The van der Waals surface area contributed by atoms with Crippen LogP contribution in [0.2, 0.25) is 0 Å². The Bertz CT molecular complexity index is 1100. The van der Waals surface area contributed by atoms with Gasteiger partial charge in [-0.2, -0.15) is 0 Å². The summed E-state index contributed by atoms with van der Waals surface area (Å²) in [5.74, 6) is 1.58. The first-order valence-corrected chi connectivity index (χ1v) is 12.7. The first kappa shape index (κ1) is 25.2. The number of ether oxygens (including phenoxy) is 2. The molecule has 36 heavy (non-hydrogen) atoms. The summed E-state index contributed by atoms with van der Waals surface area (Å²) in [4.78, 5) is 13.6. The monoisotopic (exact) mass is 478 g/mol. The van der Waals surface area contributed by atoms with Crippen molar-refractivity contribution in [3.63, 3.8) is 0 Å². The first-order valence-electron chi connectivity index (χ1n) is 12.7. The highest BCUT2D eigenvalue weighted by Gasteiger charge is 2.27. The van der Waals surface area contributed by atoms with E-state index in [9.17, 15) is 4.79 Å². The molecule has 0 aliphatic carbocycles. The fourth-order valence-electron chi connectivity index (χ4n) is 4.52. The van der Waals surface area contributed by atoms with Gasteiger partial charge in [0.05, 0.1) is 0 Å². The van der Waals surface area contributed by atoms with Crippen LogP contribution in [-0.2, 0) is 18.0 Å². The molecule has 0 aliphatic heterocycles. The van der Waals surface area contributed by atoms with Crippen molar-refractivity contribution >= 4 is 5.78 Å². The average Bonchev–Trinajstić information content (AvgIpc) is 2.94. The lowest BCUT2D eigenvalue weighted by Crippen LogP contribution is -2.20. The molecule has 0 fully saturated rings. The van der Waals surface area contributed by atoms with Gasteiger partial charge in [0.1, 0.15) is 30.5 Å². The van der Waals surface area contributed by atoms with E-state index >= 15 is 0 Å². The fraction of sp³-hybridized carbons (Fsp3) is 0.242. The van der Waals surface area contributed by atoms with Crippen molar-refractivity contribution in [2.45, 2.75) is 51.7 Å². The van der Waals surface area contributed by atoms with Crippen LogP contribution in [0.15, 0.2) is 109 Å². The molecule has 3 nitrogen and oxygen atoms in total. The van der Waals surface area contributed by atoms with Crippen LogP contribution in [0, 0.1) is 0 Å². The number of carbonyl (C=O) groups is 1. The third-order valence-corrected chi connectivity index (χ3v) is 6.56. The zero-order chi connectivity index (χ0) is 25.2. The van der Waals surface area contributed by atoms with Crippen molar-refractivity contribution in [3.8, 4) is 11.5 Å². The van der Waals surface area contributed by atoms with Gasteiger partial charge in [0.25, 0.3) is 0 Å². The largest absolute Gasteiger partial charge is 0.489 e. The maximum atomic E-state index is 13.6. The maximum absolute atomic E-state index is 13.6. The second-order valence-electron chi connectivity index (χ2n) is 9.01. The van der Waals surface area contributed by atoms with Crippen LogP contribution in [0.4, 0.5) is 0 Å². The quantitative estimate of drug-likeness (QED) is 0.206. The third-order valence-electron chi connectivity index (χ3n) is 6.56. The summed E-state index contributed by atoms with van der Waals surface area (Å²) in [6, 6.07) is 36.2. The molecule has 0 N–H and O–H groups in total. The molecule has 184 valence electrons. The van der Waals surface area contributed by atoms with E-state index in [1.807, 2.05) is 109 Å². The van der Waals surface area contributed by atoms with Crippen LogP contribution in [-0.4, -0.2) is 5.78 Å².